The number of hydrogen-bond acceptors (Lipinski definition) is 4. The Kier molecular flexibility index (Phi) is 2.57. The predicted octanol–water partition coefficient (Wildman–Crippen LogP) is 1.34. The van der Waals surface area contributed by atoms with Crippen molar-refractivity contribution < 1.29 is 4.92 Å². The van der Waals surface area contributed by atoms with Crippen molar-refractivity contribution in [3.8, 4) is 0 Å². The molecular weight excluding hydrogens is 234 g/mol. The van der Waals surface area contributed by atoms with Crippen molar-refractivity contribution in [3.63, 3.8) is 0 Å². The van der Waals surface area contributed by atoms with E-state index in [-0.39, 0.29) is 17.1 Å². The van der Waals surface area contributed by atoms with Gasteiger partial charge in [-0.2, -0.15) is 0 Å². The molecule has 2 aromatic heterocycles. The van der Waals surface area contributed by atoms with Crippen molar-refractivity contribution in [3.05, 3.63) is 50.6 Å². The van der Waals surface area contributed by atoms with Crippen LogP contribution in [-0.4, -0.2) is 14.3 Å². The van der Waals surface area contributed by atoms with Gasteiger partial charge in [-0.05, 0) is 6.07 Å². The monoisotopic (exact) mass is 239 g/mol. The van der Waals surface area contributed by atoms with Crippen LogP contribution in [0.3, 0.4) is 0 Å². The van der Waals surface area contributed by atoms with Crippen molar-refractivity contribution >= 4 is 22.9 Å². The molecule has 0 bridgehead atoms. The molecule has 0 aromatic carbocycles. The van der Waals surface area contributed by atoms with Gasteiger partial charge in [0.25, 0.3) is 11.2 Å². The van der Waals surface area contributed by atoms with Crippen LogP contribution in [0.15, 0.2) is 29.2 Å². The van der Waals surface area contributed by atoms with Gasteiger partial charge in [-0.3, -0.25) is 19.3 Å². The third-order valence-electron chi connectivity index (χ3n) is 2.04. The molecule has 2 aromatic rings. The van der Waals surface area contributed by atoms with E-state index in [9.17, 15) is 14.9 Å². The first-order valence-electron chi connectivity index (χ1n) is 4.34. The van der Waals surface area contributed by atoms with Crippen molar-refractivity contribution in [2.75, 3.05) is 0 Å². The van der Waals surface area contributed by atoms with Gasteiger partial charge in [-0.25, -0.2) is 4.98 Å². The maximum atomic E-state index is 11.6. The molecule has 0 fully saturated rings. The van der Waals surface area contributed by atoms with E-state index in [1.165, 1.54) is 18.2 Å². The van der Waals surface area contributed by atoms with Crippen LogP contribution >= 0.6 is 11.6 Å². The molecular formula is C9H6ClN3O3. The van der Waals surface area contributed by atoms with Gasteiger partial charge in [0.2, 0.25) is 0 Å². The molecule has 2 heterocycles. The third kappa shape index (κ3) is 1.74. The van der Waals surface area contributed by atoms with Crippen molar-refractivity contribution in [1.82, 2.24) is 9.38 Å². The van der Waals surface area contributed by atoms with Gasteiger partial charge >= 0.3 is 0 Å². The Morgan fingerprint density at radius 2 is 2.25 bits per heavy atom. The van der Waals surface area contributed by atoms with Gasteiger partial charge in [0.1, 0.15) is 5.65 Å². The molecule has 2 rings (SSSR count). The Labute approximate surface area is 94.3 Å². The molecule has 0 saturated heterocycles. The van der Waals surface area contributed by atoms with Crippen molar-refractivity contribution in [2.45, 2.75) is 5.88 Å². The standard InChI is InChI=1S/C9H6ClN3O3/c10-4-6-3-9(14)12-5-7(13(15)16)1-2-8(12)11-6/h1-3,5H,4H2. The van der Waals surface area contributed by atoms with Crippen LogP contribution in [0.2, 0.25) is 0 Å². The predicted molar refractivity (Wildman–Crippen MR) is 57.7 cm³/mol. The number of nitrogens with zero attached hydrogens (tertiary/aromatic N) is 3. The van der Waals surface area contributed by atoms with E-state index in [0.717, 1.165) is 10.6 Å². The minimum Gasteiger partial charge on any atom is -0.269 e. The normalized spacial score (nSPS) is 10.6. The number of aromatic nitrogens is 2. The molecule has 0 amide bonds. The lowest BCUT2D eigenvalue weighted by atomic mass is 10.3. The summed E-state index contributed by atoms with van der Waals surface area (Å²) >= 11 is 5.56. The number of hydrogen-bond donors (Lipinski definition) is 0. The first-order valence-corrected chi connectivity index (χ1v) is 4.88. The molecule has 0 saturated carbocycles. The van der Waals surface area contributed by atoms with Gasteiger partial charge in [0, 0.05) is 12.1 Å². The SMILES string of the molecule is O=c1cc(CCl)nc2ccc([N+](=O)[O-])cn12. The van der Waals surface area contributed by atoms with Gasteiger partial charge in [-0.15, -0.1) is 11.6 Å². The Balaban J connectivity index is 2.75. The topological polar surface area (TPSA) is 77.5 Å². The van der Waals surface area contributed by atoms with Crippen LogP contribution in [0, 0.1) is 10.1 Å². The molecule has 82 valence electrons. The van der Waals surface area contributed by atoms with Gasteiger partial charge in [0.15, 0.2) is 0 Å². The molecule has 0 radical (unpaired) electrons. The maximum Gasteiger partial charge on any atom is 0.286 e. The van der Waals surface area contributed by atoms with E-state index in [1.54, 1.807) is 0 Å². The summed E-state index contributed by atoms with van der Waals surface area (Å²) in [6, 6.07) is 3.96. The number of halogens is 1. The number of alkyl halides is 1. The lowest BCUT2D eigenvalue weighted by Crippen LogP contribution is -2.15. The van der Waals surface area contributed by atoms with Crippen molar-refractivity contribution in [2.24, 2.45) is 0 Å². The highest BCUT2D eigenvalue weighted by molar-refractivity contribution is 6.16. The zero-order valence-corrected chi connectivity index (χ0v) is 8.72. The molecule has 16 heavy (non-hydrogen) atoms. The molecule has 0 aliphatic heterocycles. The smallest absolute Gasteiger partial charge is 0.269 e. The summed E-state index contributed by atoms with van der Waals surface area (Å²) in [7, 11) is 0. The summed E-state index contributed by atoms with van der Waals surface area (Å²) < 4.78 is 1.12. The zero-order valence-electron chi connectivity index (χ0n) is 7.96. The van der Waals surface area contributed by atoms with Crippen LogP contribution in [0.4, 0.5) is 5.69 Å². The molecule has 0 atom stereocenters. The molecule has 0 spiro atoms. The van der Waals surface area contributed by atoms with E-state index < -0.39 is 4.92 Å². The highest BCUT2D eigenvalue weighted by Gasteiger charge is 2.08. The Morgan fingerprint density at radius 1 is 1.50 bits per heavy atom. The summed E-state index contributed by atoms with van der Waals surface area (Å²) in [4.78, 5) is 25.6. The average Bonchev–Trinajstić information content (AvgIpc) is 2.28. The second kappa shape index (κ2) is 3.90. The molecule has 7 heteroatoms. The lowest BCUT2D eigenvalue weighted by molar-refractivity contribution is -0.385. The van der Waals surface area contributed by atoms with Crippen LogP contribution in [0.25, 0.3) is 5.65 Å². The van der Waals surface area contributed by atoms with E-state index in [4.69, 9.17) is 11.6 Å². The minimum absolute atomic E-state index is 0.128. The second-order valence-corrected chi connectivity index (χ2v) is 3.36. The van der Waals surface area contributed by atoms with E-state index in [1.807, 2.05) is 0 Å². The summed E-state index contributed by atoms with van der Waals surface area (Å²) in [5.74, 6) is 0.128. The highest BCUT2D eigenvalue weighted by atomic mass is 35.5. The van der Waals surface area contributed by atoms with Crippen LogP contribution in [-0.2, 0) is 5.88 Å². The second-order valence-electron chi connectivity index (χ2n) is 3.09. The third-order valence-corrected chi connectivity index (χ3v) is 2.32. The molecule has 0 aliphatic carbocycles. The minimum atomic E-state index is -0.568. The number of nitro groups is 1. The highest BCUT2D eigenvalue weighted by Crippen LogP contribution is 2.11. The van der Waals surface area contributed by atoms with Crippen molar-refractivity contribution in [1.29, 1.82) is 0 Å². The fourth-order valence-electron chi connectivity index (χ4n) is 1.32. The zero-order chi connectivity index (χ0) is 11.7. The fraction of sp³-hybridized carbons (Fsp3) is 0.111. The Hall–Kier alpha value is -1.95. The molecule has 0 N–H and O–H groups in total. The first-order chi connectivity index (χ1) is 7.61. The summed E-state index contributed by atoms with van der Waals surface area (Å²) in [5, 5.41) is 10.5. The van der Waals surface area contributed by atoms with Crippen LogP contribution in [0.5, 0.6) is 0 Å². The van der Waals surface area contributed by atoms with Gasteiger partial charge in [0.05, 0.1) is 22.7 Å². The van der Waals surface area contributed by atoms with Gasteiger partial charge < -0.3 is 0 Å². The first kappa shape index (κ1) is 10.6. The molecule has 0 unspecified atom stereocenters. The summed E-state index contributed by atoms with van der Waals surface area (Å²) in [5.41, 5.74) is 0.244. The fourth-order valence-corrected chi connectivity index (χ4v) is 1.45. The van der Waals surface area contributed by atoms with E-state index >= 15 is 0 Å². The summed E-state index contributed by atoms with van der Waals surface area (Å²) in [6.07, 6.45) is 1.14. The molecule has 6 nitrogen and oxygen atoms in total. The largest absolute Gasteiger partial charge is 0.286 e. The van der Waals surface area contributed by atoms with Crippen LogP contribution < -0.4 is 5.56 Å². The number of pyridine rings is 1. The van der Waals surface area contributed by atoms with Gasteiger partial charge in [-0.1, -0.05) is 0 Å². The lowest BCUT2D eigenvalue weighted by Gasteiger charge is -2.01. The Bertz CT molecular complexity index is 623. The maximum absolute atomic E-state index is 11.6. The van der Waals surface area contributed by atoms with Crippen LogP contribution in [0.1, 0.15) is 5.69 Å². The van der Waals surface area contributed by atoms with E-state index in [0.29, 0.717) is 11.3 Å². The average molecular weight is 240 g/mol. The number of fused-ring (bicyclic) bond motifs is 1. The quantitative estimate of drug-likeness (QED) is 0.450. The summed E-state index contributed by atoms with van der Waals surface area (Å²) in [6.45, 7) is 0. The number of rotatable bonds is 2. The Morgan fingerprint density at radius 3 is 2.88 bits per heavy atom. The van der Waals surface area contributed by atoms with E-state index in [2.05, 4.69) is 4.98 Å². The molecule has 0 aliphatic rings.